The second-order valence-corrected chi connectivity index (χ2v) is 6.32. The van der Waals surface area contributed by atoms with Crippen LogP contribution in [0.15, 0.2) is 48.5 Å². The summed E-state index contributed by atoms with van der Waals surface area (Å²) in [5.74, 6) is 1.43. The summed E-state index contributed by atoms with van der Waals surface area (Å²) in [4.78, 5) is 14.0. The number of amides is 2. The fraction of sp³-hybridized carbons (Fsp3) is 0.316. The van der Waals surface area contributed by atoms with Crippen LogP contribution >= 0.6 is 0 Å². The number of anilines is 1. The first-order valence-corrected chi connectivity index (χ1v) is 8.39. The topological polar surface area (TPSA) is 71.0 Å². The lowest BCUT2D eigenvalue weighted by atomic mass is 9.87. The average Bonchev–Trinajstić information content (AvgIpc) is 3.10. The highest BCUT2D eigenvalue weighted by molar-refractivity contribution is 5.89. The van der Waals surface area contributed by atoms with Gasteiger partial charge in [-0.25, -0.2) is 4.79 Å². The highest BCUT2D eigenvalue weighted by Crippen LogP contribution is 2.37. The number of ether oxygens (including phenoxy) is 2. The number of β-amino-alcohol motifs (C(OH)–C–C–N with tert-alkyl or cyclic N) is 1. The molecular weight excluding hydrogens is 320 g/mol. The molecule has 0 spiro atoms. The largest absolute Gasteiger partial charge is 0.454 e. The Balaban J connectivity index is 1.41. The molecular formula is C19H20N2O4. The summed E-state index contributed by atoms with van der Waals surface area (Å²) < 4.78 is 10.7. The standard InChI is InChI=1S/C19H20N2O4/c22-16-11-21(19(23)20-14-4-2-1-3-5-14)9-8-15(16)13-6-7-17-18(10-13)25-12-24-17/h1-7,10,15-16,22H,8-9,11-12H2,(H,20,23)/t15-,16+/m0/s1. The number of rotatable bonds is 2. The van der Waals surface area contributed by atoms with E-state index in [0.717, 1.165) is 17.0 Å². The monoisotopic (exact) mass is 340 g/mol. The molecule has 0 radical (unpaired) electrons. The van der Waals surface area contributed by atoms with Crippen molar-refractivity contribution in [3.05, 3.63) is 54.1 Å². The molecule has 2 heterocycles. The van der Waals surface area contributed by atoms with Crippen molar-refractivity contribution >= 4 is 11.7 Å². The number of urea groups is 1. The third-order valence-electron chi connectivity index (χ3n) is 4.72. The Kier molecular flexibility index (Phi) is 4.19. The van der Waals surface area contributed by atoms with E-state index in [9.17, 15) is 9.90 Å². The lowest BCUT2D eigenvalue weighted by molar-refractivity contribution is 0.0688. The van der Waals surface area contributed by atoms with Crippen LogP contribution < -0.4 is 14.8 Å². The molecule has 2 aliphatic heterocycles. The number of nitrogens with one attached hydrogen (secondary N) is 1. The number of para-hydroxylation sites is 1. The molecule has 2 aromatic carbocycles. The predicted molar refractivity (Wildman–Crippen MR) is 93.0 cm³/mol. The first-order valence-electron chi connectivity index (χ1n) is 8.39. The summed E-state index contributed by atoms with van der Waals surface area (Å²) in [6.45, 7) is 1.13. The van der Waals surface area contributed by atoms with Crippen LogP contribution in [0.4, 0.5) is 10.5 Å². The van der Waals surface area contributed by atoms with Gasteiger partial charge in [0.05, 0.1) is 6.10 Å². The van der Waals surface area contributed by atoms with Gasteiger partial charge in [0.1, 0.15) is 0 Å². The van der Waals surface area contributed by atoms with Crippen molar-refractivity contribution in [3.8, 4) is 11.5 Å². The van der Waals surface area contributed by atoms with E-state index < -0.39 is 6.10 Å². The van der Waals surface area contributed by atoms with E-state index >= 15 is 0 Å². The molecule has 0 unspecified atom stereocenters. The number of hydrogen-bond acceptors (Lipinski definition) is 4. The number of fused-ring (bicyclic) bond motifs is 1. The molecule has 2 atom stereocenters. The molecule has 1 fully saturated rings. The van der Waals surface area contributed by atoms with E-state index in [4.69, 9.17) is 9.47 Å². The Morgan fingerprint density at radius 3 is 2.72 bits per heavy atom. The number of nitrogens with zero attached hydrogens (tertiary/aromatic N) is 1. The van der Waals surface area contributed by atoms with Crippen LogP contribution in [-0.4, -0.2) is 42.0 Å². The van der Waals surface area contributed by atoms with Gasteiger partial charge in [0, 0.05) is 24.7 Å². The minimum absolute atomic E-state index is 0.0183. The highest BCUT2D eigenvalue weighted by atomic mass is 16.7. The van der Waals surface area contributed by atoms with E-state index in [0.29, 0.717) is 25.3 Å². The van der Waals surface area contributed by atoms with E-state index in [1.165, 1.54) is 0 Å². The summed E-state index contributed by atoms with van der Waals surface area (Å²) in [7, 11) is 0. The number of likely N-dealkylation sites (tertiary alicyclic amines) is 1. The number of aliphatic hydroxyl groups excluding tert-OH is 1. The zero-order valence-electron chi connectivity index (χ0n) is 13.7. The van der Waals surface area contributed by atoms with Gasteiger partial charge in [-0.05, 0) is 36.2 Å². The van der Waals surface area contributed by atoms with Gasteiger partial charge < -0.3 is 24.8 Å². The summed E-state index contributed by atoms with van der Waals surface area (Å²) >= 11 is 0. The van der Waals surface area contributed by atoms with Crippen molar-refractivity contribution in [2.75, 3.05) is 25.2 Å². The number of piperidine rings is 1. The maximum absolute atomic E-state index is 12.4. The molecule has 0 aromatic heterocycles. The fourth-order valence-electron chi connectivity index (χ4n) is 3.37. The van der Waals surface area contributed by atoms with Crippen LogP contribution in [0.2, 0.25) is 0 Å². The fourth-order valence-corrected chi connectivity index (χ4v) is 3.37. The first-order chi connectivity index (χ1) is 12.2. The lowest BCUT2D eigenvalue weighted by Crippen LogP contribution is -2.47. The molecule has 130 valence electrons. The van der Waals surface area contributed by atoms with Crippen molar-refractivity contribution in [2.45, 2.75) is 18.4 Å². The second kappa shape index (κ2) is 6.64. The molecule has 25 heavy (non-hydrogen) atoms. The molecule has 2 N–H and O–H groups in total. The Hall–Kier alpha value is -2.73. The number of aliphatic hydroxyl groups is 1. The van der Waals surface area contributed by atoms with Crippen molar-refractivity contribution in [1.82, 2.24) is 4.90 Å². The van der Waals surface area contributed by atoms with Gasteiger partial charge >= 0.3 is 6.03 Å². The Morgan fingerprint density at radius 2 is 1.92 bits per heavy atom. The molecule has 2 amide bonds. The average molecular weight is 340 g/mol. The van der Waals surface area contributed by atoms with Gasteiger partial charge in [-0.3, -0.25) is 0 Å². The molecule has 2 aliphatic rings. The van der Waals surface area contributed by atoms with E-state index in [1.807, 2.05) is 48.5 Å². The van der Waals surface area contributed by atoms with Crippen molar-refractivity contribution < 1.29 is 19.4 Å². The molecule has 6 nitrogen and oxygen atoms in total. The van der Waals surface area contributed by atoms with Gasteiger partial charge in [-0.2, -0.15) is 0 Å². The zero-order valence-corrected chi connectivity index (χ0v) is 13.7. The Labute approximate surface area is 146 Å². The normalized spacial score (nSPS) is 21.9. The van der Waals surface area contributed by atoms with Gasteiger partial charge in [-0.1, -0.05) is 24.3 Å². The zero-order chi connectivity index (χ0) is 17.2. The minimum Gasteiger partial charge on any atom is -0.454 e. The maximum Gasteiger partial charge on any atom is 0.321 e. The lowest BCUT2D eigenvalue weighted by Gasteiger charge is -2.36. The minimum atomic E-state index is -0.615. The molecule has 4 rings (SSSR count). The maximum atomic E-state index is 12.4. The summed E-state index contributed by atoms with van der Waals surface area (Å²) in [5, 5.41) is 13.4. The van der Waals surface area contributed by atoms with Crippen LogP contribution in [0, 0.1) is 0 Å². The third-order valence-corrected chi connectivity index (χ3v) is 4.72. The quantitative estimate of drug-likeness (QED) is 0.882. The van der Waals surface area contributed by atoms with Gasteiger partial charge in [0.15, 0.2) is 11.5 Å². The Morgan fingerprint density at radius 1 is 1.12 bits per heavy atom. The molecule has 0 saturated carbocycles. The summed E-state index contributed by atoms with van der Waals surface area (Å²) in [5.41, 5.74) is 1.76. The van der Waals surface area contributed by atoms with Crippen molar-refractivity contribution in [2.24, 2.45) is 0 Å². The molecule has 1 saturated heterocycles. The number of benzene rings is 2. The molecule has 6 heteroatoms. The van der Waals surface area contributed by atoms with E-state index in [1.54, 1.807) is 4.90 Å². The highest BCUT2D eigenvalue weighted by Gasteiger charge is 2.32. The third kappa shape index (κ3) is 3.25. The van der Waals surface area contributed by atoms with Crippen molar-refractivity contribution in [1.29, 1.82) is 0 Å². The van der Waals surface area contributed by atoms with E-state index in [2.05, 4.69) is 5.32 Å². The molecule has 0 aliphatic carbocycles. The molecule has 2 aromatic rings. The van der Waals surface area contributed by atoms with Crippen LogP contribution in [-0.2, 0) is 0 Å². The number of carbonyl (C=O) groups excluding carboxylic acids is 1. The van der Waals surface area contributed by atoms with Crippen LogP contribution in [0.1, 0.15) is 17.9 Å². The van der Waals surface area contributed by atoms with Crippen molar-refractivity contribution in [3.63, 3.8) is 0 Å². The predicted octanol–water partition coefficient (Wildman–Crippen LogP) is 2.80. The number of carbonyl (C=O) groups is 1. The van der Waals surface area contributed by atoms with Crippen LogP contribution in [0.25, 0.3) is 0 Å². The summed E-state index contributed by atoms with van der Waals surface area (Å²) in [6, 6.07) is 14.9. The number of hydrogen-bond donors (Lipinski definition) is 2. The summed E-state index contributed by atoms with van der Waals surface area (Å²) in [6.07, 6.45) is 0.0823. The van der Waals surface area contributed by atoms with E-state index in [-0.39, 0.29) is 18.7 Å². The van der Waals surface area contributed by atoms with Gasteiger partial charge in [0.25, 0.3) is 0 Å². The Bertz CT molecular complexity index is 765. The van der Waals surface area contributed by atoms with Crippen LogP contribution in [0.5, 0.6) is 11.5 Å². The second-order valence-electron chi connectivity index (χ2n) is 6.32. The molecule has 0 bridgehead atoms. The smallest absolute Gasteiger partial charge is 0.321 e. The van der Waals surface area contributed by atoms with Crippen LogP contribution in [0.3, 0.4) is 0 Å². The SMILES string of the molecule is O=C(Nc1ccccc1)N1CC[C@@H](c2ccc3c(c2)OCO3)[C@H](O)C1. The van der Waals surface area contributed by atoms with Gasteiger partial charge in [0.2, 0.25) is 6.79 Å². The first kappa shape index (κ1) is 15.8. The van der Waals surface area contributed by atoms with Gasteiger partial charge in [-0.15, -0.1) is 0 Å².